The first kappa shape index (κ1) is 21.2. The van der Waals surface area contributed by atoms with Gasteiger partial charge in [-0.2, -0.15) is 5.26 Å². The Balaban J connectivity index is 1.92. The SMILES string of the molecule is CCOC(=O)c1nc(N(CCc2ccccc2)C(=O)c2ccc(C#N)cc2)sc1C. The Bertz CT molecular complexity index is 1070. The Morgan fingerprint density at radius 1 is 1.13 bits per heavy atom. The average molecular weight is 420 g/mol. The van der Waals surface area contributed by atoms with Crippen LogP contribution in [0.5, 0.6) is 0 Å². The lowest BCUT2D eigenvalue weighted by atomic mass is 10.1. The number of ether oxygens (including phenoxy) is 1. The van der Waals surface area contributed by atoms with Crippen molar-refractivity contribution < 1.29 is 14.3 Å². The van der Waals surface area contributed by atoms with Gasteiger partial charge in [0.05, 0.1) is 18.2 Å². The van der Waals surface area contributed by atoms with E-state index in [9.17, 15) is 9.59 Å². The van der Waals surface area contributed by atoms with Crippen molar-refractivity contribution >= 4 is 28.3 Å². The van der Waals surface area contributed by atoms with E-state index in [0.717, 1.165) is 5.56 Å². The quantitative estimate of drug-likeness (QED) is 0.531. The molecule has 0 spiro atoms. The minimum absolute atomic E-state index is 0.231. The number of nitrogens with zero attached hydrogens (tertiary/aromatic N) is 3. The molecule has 0 radical (unpaired) electrons. The lowest BCUT2D eigenvalue weighted by molar-refractivity contribution is 0.0519. The normalized spacial score (nSPS) is 10.3. The summed E-state index contributed by atoms with van der Waals surface area (Å²) in [6, 6.07) is 18.4. The van der Waals surface area contributed by atoms with Gasteiger partial charge in [-0.15, -0.1) is 11.3 Å². The molecule has 30 heavy (non-hydrogen) atoms. The van der Waals surface area contributed by atoms with Gasteiger partial charge < -0.3 is 4.74 Å². The molecule has 2 aromatic carbocycles. The second kappa shape index (κ2) is 9.81. The van der Waals surface area contributed by atoms with Crippen LogP contribution in [0.3, 0.4) is 0 Å². The summed E-state index contributed by atoms with van der Waals surface area (Å²) in [5.41, 5.74) is 2.26. The van der Waals surface area contributed by atoms with E-state index < -0.39 is 5.97 Å². The molecule has 3 rings (SSSR count). The first-order chi connectivity index (χ1) is 14.5. The molecule has 0 aliphatic carbocycles. The number of hydrogen-bond acceptors (Lipinski definition) is 6. The second-order valence-electron chi connectivity index (χ2n) is 6.50. The van der Waals surface area contributed by atoms with E-state index in [1.165, 1.54) is 11.3 Å². The molecule has 1 amide bonds. The molecule has 0 bridgehead atoms. The lowest BCUT2D eigenvalue weighted by Gasteiger charge is -2.20. The predicted octanol–water partition coefficient (Wildman–Crippen LogP) is 4.39. The zero-order valence-electron chi connectivity index (χ0n) is 16.8. The Labute approximate surface area is 179 Å². The van der Waals surface area contributed by atoms with Crippen LogP contribution in [0.2, 0.25) is 0 Å². The van der Waals surface area contributed by atoms with Crippen molar-refractivity contribution in [1.29, 1.82) is 5.26 Å². The minimum atomic E-state index is -0.494. The summed E-state index contributed by atoms with van der Waals surface area (Å²) in [5.74, 6) is -0.731. The zero-order chi connectivity index (χ0) is 21.5. The molecule has 152 valence electrons. The van der Waals surface area contributed by atoms with E-state index >= 15 is 0 Å². The lowest BCUT2D eigenvalue weighted by Crippen LogP contribution is -2.33. The third-order valence-electron chi connectivity index (χ3n) is 4.46. The van der Waals surface area contributed by atoms with Gasteiger partial charge >= 0.3 is 5.97 Å². The number of aryl methyl sites for hydroxylation is 1. The summed E-state index contributed by atoms with van der Waals surface area (Å²) in [7, 11) is 0. The van der Waals surface area contributed by atoms with Crippen LogP contribution >= 0.6 is 11.3 Å². The van der Waals surface area contributed by atoms with E-state index in [1.807, 2.05) is 36.4 Å². The molecule has 0 unspecified atom stereocenters. The maximum absolute atomic E-state index is 13.3. The second-order valence-corrected chi connectivity index (χ2v) is 7.68. The number of anilines is 1. The van der Waals surface area contributed by atoms with Crippen molar-refractivity contribution in [3.8, 4) is 6.07 Å². The first-order valence-corrected chi connectivity index (χ1v) is 10.4. The van der Waals surface area contributed by atoms with E-state index in [-0.39, 0.29) is 18.2 Å². The van der Waals surface area contributed by atoms with Gasteiger partial charge in [0, 0.05) is 17.0 Å². The molecule has 7 heteroatoms. The predicted molar refractivity (Wildman–Crippen MR) is 116 cm³/mol. The molecule has 0 aliphatic rings. The summed E-state index contributed by atoms with van der Waals surface area (Å²) in [5, 5.41) is 9.44. The summed E-state index contributed by atoms with van der Waals surface area (Å²) in [4.78, 5) is 32.1. The number of carbonyl (C=O) groups is 2. The van der Waals surface area contributed by atoms with Crippen molar-refractivity contribution in [3.05, 3.63) is 81.9 Å². The average Bonchev–Trinajstić information content (AvgIpc) is 3.16. The molecule has 0 aliphatic heterocycles. The molecule has 0 atom stereocenters. The highest BCUT2D eigenvalue weighted by atomic mass is 32.1. The molecule has 3 aromatic rings. The van der Waals surface area contributed by atoms with Gasteiger partial charge in [-0.05, 0) is 50.1 Å². The number of amides is 1. The van der Waals surface area contributed by atoms with Gasteiger partial charge in [0.1, 0.15) is 0 Å². The van der Waals surface area contributed by atoms with E-state index in [4.69, 9.17) is 10.00 Å². The molecule has 0 saturated heterocycles. The fourth-order valence-corrected chi connectivity index (χ4v) is 3.82. The molecule has 6 nitrogen and oxygen atoms in total. The maximum atomic E-state index is 13.3. The number of aromatic nitrogens is 1. The third kappa shape index (κ3) is 4.91. The number of esters is 1. The number of rotatable bonds is 7. The van der Waals surface area contributed by atoms with Crippen LogP contribution < -0.4 is 4.90 Å². The van der Waals surface area contributed by atoms with Gasteiger partial charge in [-0.25, -0.2) is 9.78 Å². The van der Waals surface area contributed by atoms with Crippen molar-refractivity contribution in [3.63, 3.8) is 0 Å². The van der Waals surface area contributed by atoms with Crippen LogP contribution in [-0.4, -0.2) is 30.0 Å². The van der Waals surface area contributed by atoms with Gasteiger partial charge in [0.25, 0.3) is 5.91 Å². The summed E-state index contributed by atoms with van der Waals surface area (Å²) < 4.78 is 5.07. The van der Waals surface area contributed by atoms with Gasteiger partial charge in [0.2, 0.25) is 0 Å². The number of hydrogen-bond donors (Lipinski definition) is 0. The van der Waals surface area contributed by atoms with Crippen LogP contribution in [0.4, 0.5) is 5.13 Å². The smallest absolute Gasteiger partial charge is 0.358 e. The number of benzene rings is 2. The molecular weight excluding hydrogens is 398 g/mol. The first-order valence-electron chi connectivity index (χ1n) is 9.54. The number of carbonyl (C=O) groups excluding carboxylic acids is 2. The molecule has 0 saturated carbocycles. The summed E-state index contributed by atoms with van der Waals surface area (Å²) in [6.07, 6.45) is 0.635. The van der Waals surface area contributed by atoms with Crippen LogP contribution in [0.15, 0.2) is 54.6 Å². The monoisotopic (exact) mass is 419 g/mol. The highest BCUT2D eigenvalue weighted by Gasteiger charge is 2.24. The Hall–Kier alpha value is -3.50. The molecule has 0 fully saturated rings. The minimum Gasteiger partial charge on any atom is -0.461 e. The van der Waals surface area contributed by atoms with Crippen molar-refractivity contribution in [2.24, 2.45) is 0 Å². The Morgan fingerprint density at radius 3 is 2.47 bits per heavy atom. The van der Waals surface area contributed by atoms with Crippen LogP contribution in [0.1, 0.15) is 43.8 Å². The van der Waals surface area contributed by atoms with Crippen LogP contribution in [0, 0.1) is 18.3 Å². The molecule has 1 aromatic heterocycles. The summed E-state index contributed by atoms with van der Waals surface area (Å²) >= 11 is 1.28. The van der Waals surface area contributed by atoms with Crippen LogP contribution in [0.25, 0.3) is 0 Å². The van der Waals surface area contributed by atoms with E-state index in [1.54, 1.807) is 43.0 Å². The molecular formula is C23H21N3O3S. The largest absolute Gasteiger partial charge is 0.461 e. The van der Waals surface area contributed by atoms with Crippen molar-refractivity contribution in [1.82, 2.24) is 4.98 Å². The molecule has 0 N–H and O–H groups in total. The zero-order valence-corrected chi connectivity index (χ0v) is 17.6. The van der Waals surface area contributed by atoms with Gasteiger partial charge in [-0.3, -0.25) is 9.69 Å². The summed E-state index contributed by atoms with van der Waals surface area (Å²) in [6.45, 7) is 4.18. The number of thiazole rings is 1. The number of nitriles is 1. The Morgan fingerprint density at radius 2 is 1.83 bits per heavy atom. The Kier molecular flexibility index (Phi) is 6.94. The highest BCUT2D eigenvalue weighted by molar-refractivity contribution is 7.16. The third-order valence-corrected chi connectivity index (χ3v) is 5.45. The van der Waals surface area contributed by atoms with Gasteiger partial charge in [0.15, 0.2) is 10.8 Å². The fraction of sp³-hybridized carbons (Fsp3) is 0.217. The topological polar surface area (TPSA) is 83.3 Å². The van der Waals surface area contributed by atoms with E-state index in [2.05, 4.69) is 4.98 Å². The maximum Gasteiger partial charge on any atom is 0.358 e. The fourth-order valence-electron chi connectivity index (χ4n) is 2.90. The standard InChI is InChI=1S/C23H21N3O3S/c1-3-29-22(28)20-16(2)30-23(25-20)26(14-13-17-7-5-4-6-8-17)21(27)19-11-9-18(15-24)10-12-19/h4-12H,3,13-14H2,1-2H3. The van der Waals surface area contributed by atoms with Crippen molar-refractivity contribution in [2.75, 3.05) is 18.1 Å². The van der Waals surface area contributed by atoms with Crippen LogP contribution in [-0.2, 0) is 11.2 Å². The highest BCUT2D eigenvalue weighted by Crippen LogP contribution is 2.28. The van der Waals surface area contributed by atoms with Crippen molar-refractivity contribution in [2.45, 2.75) is 20.3 Å². The van der Waals surface area contributed by atoms with Gasteiger partial charge in [-0.1, -0.05) is 30.3 Å². The van der Waals surface area contributed by atoms with E-state index in [0.29, 0.717) is 34.1 Å². The molecule has 1 heterocycles.